The van der Waals surface area contributed by atoms with Crippen LogP contribution in [0.3, 0.4) is 0 Å². The van der Waals surface area contributed by atoms with Crippen LogP contribution in [0, 0.1) is 0 Å². The van der Waals surface area contributed by atoms with Gasteiger partial charge in [-0.1, -0.05) is 6.92 Å². The number of hydrogen-bond acceptors (Lipinski definition) is 4. The molecule has 1 atom stereocenters. The minimum Gasteiger partial charge on any atom is -0.376 e. The third-order valence-electron chi connectivity index (χ3n) is 3.41. The van der Waals surface area contributed by atoms with E-state index in [2.05, 4.69) is 53.4 Å². The van der Waals surface area contributed by atoms with E-state index < -0.39 is 8.80 Å². The molecular weight excluding hydrogens is 258 g/mol. The molecule has 0 fully saturated rings. The molecular formula is C14H33NO3Si. The minimum absolute atomic E-state index is 0.00671. The van der Waals surface area contributed by atoms with Gasteiger partial charge < -0.3 is 13.3 Å². The molecule has 19 heavy (non-hydrogen) atoms. The SMILES string of the molecule is CCC(N(C(C)(C)C)C(C)(C)C)[Si](OC)(OC)OC. The van der Waals surface area contributed by atoms with Gasteiger partial charge >= 0.3 is 8.80 Å². The van der Waals surface area contributed by atoms with Crippen LogP contribution in [0.2, 0.25) is 0 Å². The highest BCUT2D eigenvalue weighted by atomic mass is 28.4. The highest BCUT2D eigenvalue weighted by Crippen LogP contribution is 2.33. The molecule has 0 aromatic rings. The van der Waals surface area contributed by atoms with E-state index in [-0.39, 0.29) is 16.7 Å². The second-order valence-electron chi connectivity index (χ2n) is 6.85. The summed E-state index contributed by atoms with van der Waals surface area (Å²) < 4.78 is 17.1. The smallest absolute Gasteiger partial charge is 0.376 e. The van der Waals surface area contributed by atoms with E-state index in [1.165, 1.54) is 0 Å². The molecule has 0 aliphatic rings. The van der Waals surface area contributed by atoms with Gasteiger partial charge in [0.2, 0.25) is 0 Å². The van der Waals surface area contributed by atoms with Crippen LogP contribution in [0.4, 0.5) is 0 Å². The molecule has 4 nitrogen and oxygen atoms in total. The van der Waals surface area contributed by atoms with E-state index in [0.717, 1.165) is 6.42 Å². The van der Waals surface area contributed by atoms with Gasteiger partial charge in [-0.25, -0.2) is 0 Å². The van der Waals surface area contributed by atoms with Gasteiger partial charge in [0.1, 0.15) is 0 Å². The zero-order valence-electron chi connectivity index (χ0n) is 14.5. The molecule has 0 N–H and O–H groups in total. The summed E-state index contributed by atoms with van der Waals surface area (Å²) >= 11 is 0. The molecule has 0 radical (unpaired) electrons. The van der Waals surface area contributed by atoms with Crippen molar-refractivity contribution in [3.05, 3.63) is 0 Å². The first kappa shape index (κ1) is 19.1. The fourth-order valence-electron chi connectivity index (χ4n) is 3.19. The summed E-state index contributed by atoms with van der Waals surface area (Å²) in [6.45, 7) is 15.5. The van der Waals surface area contributed by atoms with Crippen LogP contribution < -0.4 is 0 Å². The summed E-state index contributed by atoms with van der Waals surface area (Å²) in [4.78, 5) is 2.46. The lowest BCUT2D eigenvalue weighted by molar-refractivity contribution is -0.0208. The van der Waals surface area contributed by atoms with Crippen molar-refractivity contribution in [1.82, 2.24) is 4.90 Å². The lowest BCUT2D eigenvalue weighted by atomic mass is 9.95. The van der Waals surface area contributed by atoms with E-state index >= 15 is 0 Å². The van der Waals surface area contributed by atoms with E-state index in [0.29, 0.717) is 0 Å². The van der Waals surface area contributed by atoms with Gasteiger partial charge in [0.05, 0.1) is 5.67 Å². The Kier molecular flexibility index (Phi) is 6.69. The van der Waals surface area contributed by atoms with Crippen molar-refractivity contribution in [2.75, 3.05) is 21.3 Å². The van der Waals surface area contributed by atoms with Crippen molar-refractivity contribution in [2.45, 2.75) is 71.6 Å². The standard InChI is InChI=1S/C14H33NO3Si/c1-11-12(19(16-8,17-9)18-10)15(13(2,3)4)14(5,6)7/h12H,11H2,1-10H3. The maximum Gasteiger partial charge on any atom is 0.518 e. The van der Waals surface area contributed by atoms with Crippen LogP contribution in [0.25, 0.3) is 0 Å². The van der Waals surface area contributed by atoms with Gasteiger partial charge in [-0.05, 0) is 48.0 Å². The molecule has 0 amide bonds. The van der Waals surface area contributed by atoms with Gasteiger partial charge in [-0.15, -0.1) is 0 Å². The molecule has 5 heteroatoms. The second kappa shape index (κ2) is 6.67. The molecule has 0 aromatic heterocycles. The zero-order valence-corrected chi connectivity index (χ0v) is 15.5. The lowest BCUT2D eigenvalue weighted by Crippen LogP contribution is -2.69. The molecule has 0 spiro atoms. The number of nitrogens with zero attached hydrogens (tertiary/aromatic N) is 1. The molecule has 1 unspecified atom stereocenters. The maximum absolute atomic E-state index is 5.71. The highest BCUT2D eigenvalue weighted by molar-refractivity contribution is 6.62. The average Bonchev–Trinajstić information content (AvgIpc) is 2.26. The predicted octanol–water partition coefficient (Wildman–Crippen LogP) is 3.08. The summed E-state index contributed by atoms with van der Waals surface area (Å²) in [7, 11) is 2.35. The third kappa shape index (κ3) is 4.26. The summed E-state index contributed by atoms with van der Waals surface area (Å²) in [5.41, 5.74) is 0.145. The molecule has 116 valence electrons. The Balaban J connectivity index is 5.74. The highest BCUT2D eigenvalue weighted by Gasteiger charge is 2.54. The second-order valence-corrected chi connectivity index (χ2v) is 9.95. The van der Waals surface area contributed by atoms with Crippen molar-refractivity contribution in [1.29, 1.82) is 0 Å². The van der Waals surface area contributed by atoms with Gasteiger partial charge in [-0.2, -0.15) is 0 Å². The van der Waals surface area contributed by atoms with Crippen LogP contribution in [0.5, 0.6) is 0 Å². The monoisotopic (exact) mass is 291 g/mol. The quantitative estimate of drug-likeness (QED) is 0.704. The summed E-state index contributed by atoms with van der Waals surface area (Å²) in [5.74, 6) is 0. The van der Waals surface area contributed by atoms with Crippen molar-refractivity contribution in [3.8, 4) is 0 Å². The zero-order chi connectivity index (χ0) is 15.5. The Morgan fingerprint density at radius 3 is 1.32 bits per heavy atom. The Morgan fingerprint density at radius 2 is 1.16 bits per heavy atom. The normalized spacial score (nSPS) is 15.9. The third-order valence-corrected chi connectivity index (χ3v) is 6.60. The van der Waals surface area contributed by atoms with Gasteiger partial charge in [0.25, 0.3) is 0 Å². The van der Waals surface area contributed by atoms with E-state index in [4.69, 9.17) is 13.3 Å². The predicted molar refractivity (Wildman–Crippen MR) is 82.2 cm³/mol. The summed E-state index contributed by atoms with van der Waals surface area (Å²) in [6, 6.07) is 0. The lowest BCUT2D eigenvalue weighted by Gasteiger charge is -2.52. The van der Waals surface area contributed by atoms with Crippen molar-refractivity contribution < 1.29 is 13.3 Å². The number of rotatable bonds is 6. The van der Waals surface area contributed by atoms with Gasteiger partial charge in [-0.3, -0.25) is 4.90 Å². The largest absolute Gasteiger partial charge is 0.518 e. The van der Waals surface area contributed by atoms with Crippen LogP contribution in [0.1, 0.15) is 54.9 Å². The molecule has 0 aliphatic carbocycles. The number of hydrogen-bond donors (Lipinski definition) is 0. The Hall–Kier alpha value is 0.0569. The van der Waals surface area contributed by atoms with E-state index in [1.54, 1.807) is 21.3 Å². The molecule has 0 saturated carbocycles. The first-order chi connectivity index (χ1) is 8.50. The van der Waals surface area contributed by atoms with Crippen molar-refractivity contribution >= 4 is 8.80 Å². The molecule has 0 bridgehead atoms. The first-order valence-electron chi connectivity index (χ1n) is 6.95. The van der Waals surface area contributed by atoms with Crippen LogP contribution in [-0.2, 0) is 13.3 Å². The van der Waals surface area contributed by atoms with Crippen LogP contribution in [0.15, 0.2) is 0 Å². The van der Waals surface area contributed by atoms with Crippen molar-refractivity contribution in [3.63, 3.8) is 0 Å². The molecule has 0 heterocycles. The minimum atomic E-state index is -2.70. The topological polar surface area (TPSA) is 30.9 Å². The molecule has 0 rings (SSSR count). The van der Waals surface area contributed by atoms with Crippen molar-refractivity contribution in [2.24, 2.45) is 0 Å². The maximum atomic E-state index is 5.71. The summed E-state index contributed by atoms with van der Waals surface area (Å²) in [6.07, 6.45) is 0.927. The fraction of sp³-hybridized carbons (Fsp3) is 1.00. The average molecular weight is 292 g/mol. The molecule has 0 aromatic carbocycles. The van der Waals surface area contributed by atoms with E-state index in [9.17, 15) is 0 Å². The Bertz CT molecular complexity index is 245. The molecule has 0 saturated heterocycles. The van der Waals surface area contributed by atoms with Crippen LogP contribution >= 0.6 is 0 Å². The first-order valence-corrected chi connectivity index (χ1v) is 8.75. The summed E-state index contributed by atoms with van der Waals surface area (Å²) in [5, 5.41) is 0. The van der Waals surface area contributed by atoms with Gasteiger partial charge in [0.15, 0.2) is 0 Å². The van der Waals surface area contributed by atoms with Crippen LogP contribution in [-0.4, -0.2) is 51.8 Å². The van der Waals surface area contributed by atoms with Gasteiger partial charge in [0, 0.05) is 32.4 Å². The fourth-order valence-corrected chi connectivity index (χ4v) is 6.10. The van der Waals surface area contributed by atoms with E-state index in [1.807, 2.05) is 0 Å². The Morgan fingerprint density at radius 1 is 0.842 bits per heavy atom. The molecule has 0 aliphatic heterocycles. The Labute approximate surface area is 120 Å².